The molecule has 0 aromatic carbocycles. The first kappa shape index (κ1) is 13.7. The van der Waals surface area contributed by atoms with Gasteiger partial charge in [-0.15, -0.1) is 0 Å². The summed E-state index contributed by atoms with van der Waals surface area (Å²) in [7, 11) is 1.90. The predicted octanol–water partition coefficient (Wildman–Crippen LogP) is 0.686. The largest absolute Gasteiger partial charge is 0.330 e. The molecular formula is C13H22N6. The fourth-order valence-corrected chi connectivity index (χ4v) is 2.43. The zero-order valence-electron chi connectivity index (χ0n) is 11.9. The van der Waals surface area contributed by atoms with Crippen molar-refractivity contribution in [3.05, 3.63) is 29.1 Å². The second-order valence-electron chi connectivity index (χ2n) is 4.58. The molecule has 0 aliphatic rings. The number of hydrogen-bond acceptors (Lipinski definition) is 4. The van der Waals surface area contributed by atoms with E-state index in [0.717, 1.165) is 30.8 Å². The van der Waals surface area contributed by atoms with Gasteiger partial charge in [-0.2, -0.15) is 10.2 Å². The van der Waals surface area contributed by atoms with Crippen LogP contribution in [0.15, 0.2) is 6.33 Å². The summed E-state index contributed by atoms with van der Waals surface area (Å²) in [6.45, 7) is 5.62. The Kier molecular flexibility index (Phi) is 4.31. The van der Waals surface area contributed by atoms with Gasteiger partial charge in [0.1, 0.15) is 18.7 Å². The molecule has 6 nitrogen and oxygen atoms in total. The number of hydrogen-bond donors (Lipinski definition) is 1. The van der Waals surface area contributed by atoms with Crippen LogP contribution in [0.3, 0.4) is 0 Å². The molecule has 104 valence electrons. The highest BCUT2D eigenvalue weighted by atomic mass is 15.4. The SMILES string of the molecule is CCc1nn(Cc2ncnn2C)c(CC)c1CCN. The Morgan fingerprint density at radius 3 is 2.58 bits per heavy atom. The number of rotatable bonds is 6. The summed E-state index contributed by atoms with van der Waals surface area (Å²) in [6.07, 6.45) is 4.37. The van der Waals surface area contributed by atoms with E-state index in [9.17, 15) is 0 Å². The molecule has 0 spiro atoms. The Morgan fingerprint density at radius 1 is 1.26 bits per heavy atom. The van der Waals surface area contributed by atoms with Gasteiger partial charge in [0.05, 0.1) is 5.69 Å². The van der Waals surface area contributed by atoms with E-state index in [1.54, 1.807) is 11.0 Å². The summed E-state index contributed by atoms with van der Waals surface area (Å²) in [5, 5.41) is 8.81. The van der Waals surface area contributed by atoms with Crippen molar-refractivity contribution in [2.24, 2.45) is 12.8 Å². The van der Waals surface area contributed by atoms with Crippen LogP contribution in [-0.2, 0) is 32.9 Å². The molecule has 2 aromatic heterocycles. The summed E-state index contributed by atoms with van der Waals surface area (Å²) < 4.78 is 3.84. The Hall–Kier alpha value is -1.69. The average Bonchev–Trinajstić information content (AvgIpc) is 2.95. The molecule has 0 aliphatic heterocycles. The van der Waals surface area contributed by atoms with E-state index in [-0.39, 0.29) is 0 Å². The second kappa shape index (κ2) is 5.97. The Labute approximate surface area is 113 Å². The first-order chi connectivity index (χ1) is 9.21. The molecule has 0 saturated heterocycles. The minimum Gasteiger partial charge on any atom is -0.330 e. The van der Waals surface area contributed by atoms with Gasteiger partial charge >= 0.3 is 0 Å². The quantitative estimate of drug-likeness (QED) is 0.831. The van der Waals surface area contributed by atoms with E-state index in [2.05, 4.69) is 23.9 Å². The van der Waals surface area contributed by atoms with Crippen LogP contribution in [0.25, 0.3) is 0 Å². The van der Waals surface area contributed by atoms with Gasteiger partial charge in [-0.25, -0.2) is 4.98 Å². The lowest BCUT2D eigenvalue weighted by Gasteiger charge is -2.07. The highest BCUT2D eigenvalue weighted by Gasteiger charge is 2.16. The molecule has 6 heteroatoms. The molecule has 0 fully saturated rings. The van der Waals surface area contributed by atoms with Gasteiger partial charge in [-0.3, -0.25) is 9.36 Å². The summed E-state index contributed by atoms with van der Waals surface area (Å²) >= 11 is 0. The highest BCUT2D eigenvalue weighted by molar-refractivity contribution is 5.27. The maximum atomic E-state index is 5.71. The Bertz CT molecular complexity index is 539. The Balaban J connectivity index is 2.37. The predicted molar refractivity (Wildman–Crippen MR) is 73.8 cm³/mol. The van der Waals surface area contributed by atoms with Crippen molar-refractivity contribution in [1.82, 2.24) is 24.5 Å². The molecule has 0 radical (unpaired) electrons. The number of nitrogens with two attached hydrogens (primary N) is 1. The molecule has 2 rings (SSSR count). The molecule has 2 heterocycles. The molecule has 0 unspecified atom stereocenters. The maximum absolute atomic E-state index is 5.71. The highest BCUT2D eigenvalue weighted by Crippen LogP contribution is 2.17. The maximum Gasteiger partial charge on any atom is 0.148 e. The van der Waals surface area contributed by atoms with Crippen LogP contribution in [0.5, 0.6) is 0 Å². The number of aryl methyl sites for hydroxylation is 2. The third-order valence-electron chi connectivity index (χ3n) is 3.41. The van der Waals surface area contributed by atoms with E-state index >= 15 is 0 Å². The molecule has 0 amide bonds. The molecule has 2 N–H and O–H groups in total. The lowest BCUT2D eigenvalue weighted by Crippen LogP contribution is -2.12. The first-order valence-electron chi connectivity index (χ1n) is 6.81. The lowest BCUT2D eigenvalue weighted by molar-refractivity contribution is 0.582. The fourth-order valence-electron chi connectivity index (χ4n) is 2.43. The van der Waals surface area contributed by atoms with Crippen LogP contribution >= 0.6 is 0 Å². The van der Waals surface area contributed by atoms with E-state index in [1.165, 1.54) is 11.3 Å². The molecule has 19 heavy (non-hydrogen) atoms. The molecule has 0 aliphatic carbocycles. The van der Waals surface area contributed by atoms with Crippen LogP contribution in [0.2, 0.25) is 0 Å². The van der Waals surface area contributed by atoms with Crippen LogP contribution in [-0.4, -0.2) is 31.1 Å². The minimum atomic E-state index is 0.662. The summed E-state index contributed by atoms with van der Waals surface area (Å²) in [4.78, 5) is 4.26. The Morgan fingerprint density at radius 2 is 2.05 bits per heavy atom. The first-order valence-corrected chi connectivity index (χ1v) is 6.81. The van der Waals surface area contributed by atoms with Crippen molar-refractivity contribution in [3.63, 3.8) is 0 Å². The zero-order valence-corrected chi connectivity index (χ0v) is 11.9. The molecule has 0 saturated carbocycles. The van der Waals surface area contributed by atoms with Crippen molar-refractivity contribution in [2.45, 2.75) is 39.7 Å². The van der Waals surface area contributed by atoms with Crippen LogP contribution in [0.4, 0.5) is 0 Å². The topological polar surface area (TPSA) is 74.5 Å². The van der Waals surface area contributed by atoms with E-state index < -0.39 is 0 Å². The molecule has 0 bridgehead atoms. The van der Waals surface area contributed by atoms with Gasteiger partial charge in [-0.05, 0) is 31.4 Å². The van der Waals surface area contributed by atoms with Crippen LogP contribution in [0, 0.1) is 0 Å². The monoisotopic (exact) mass is 262 g/mol. The van der Waals surface area contributed by atoms with Gasteiger partial charge in [0, 0.05) is 12.7 Å². The van der Waals surface area contributed by atoms with Crippen LogP contribution < -0.4 is 5.73 Å². The van der Waals surface area contributed by atoms with Crippen molar-refractivity contribution in [3.8, 4) is 0 Å². The van der Waals surface area contributed by atoms with Crippen molar-refractivity contribution in [1.29, 1.82) is 0 Å². The third-order valence-corrected chi connectivity index (χ3v) is 3.41. The zero-order chi connectivity index (χ0) is 13.8. The molecular weight excluding hydrogens is 240 g/mol. The summed E-state index contributed by atoms with van der Waals surface area (Å²) in [5.74, 6) is 0.916. The van der Waals surface area contributed by atoms with Gasteiger partial charge < -0.3 is 5.73 Å². The van der Waals surface area contributed by atoms with Crippen molar-refractivity contribution in [2.75, 3.05) is 6.54 Å². The minimum absolute atomic E-state index is 0.662. The molecule has 2 aromatic rings. The van der Waals surface area contributed by atoms with Crippen molar-refractivity contribution >= 4 is 0 Å². The number of aromatic nitrogens is 5. The van der Waals surface area contributed by atoms with Crippen molar-refractivity contribution < 1.29 is 0 Å². The van der Waals surface area contributed by atoms with Gasteiger partial charge in [0.15, 0.2) is 0 Å². The van der Waals surface area contributed by atoms with E-state index in [1.807, 2.05) is 11.7 Å². The van der Waals surface area contributed by atoms with Gasteiger partial charge in [-0.1, -0.05) is 13.8 Å². The van der Waals surface area contributed by atoms with E-state index in [4.69, 9.17) is 10.8 Å². The summed E-state index contributed by atoms with van der Waals surface area (Å²) in [5.41, 5.74) is 9.45. The summed E-state index contributed by atoms with van der Waals surface area (Å²) in [6, 6.07) is 0. The van der Waals surface area contributed by atoms with Gasteiger partial charge in [0.25, 0.3) is 0 Å². The fraction of sp³-hybridized carbons (Fsp3) is 0.615. The van der Waals surface area contributed by atoms with E-state index in [0.29, 0.717) is 13.1 Å². The number of nitrogens with zero attached hydrogens (tertiary/aromatic N) is 5. The van der Waals surface area contributed by atoms with Crippen LogP contribution in [0.1, 0.15) is 36.6 Å². The smallest absolute Gasteiger partial charge is 0.148 e. The lowest BCUT2D eigenvalue weighted by atomic mass is 10.1. The normalized spacial score (nSPS) is 11.2. The molecule has 0 atom stereocenters. The standard InChI is InChI=1S/C13H22N6/c1-4-11-10(6-7-14)12(5-2)19(17-11)8-13-15-9-16-18(13)3/h9H,4-8,14H2,1-3H3. The average molecular weight is 262 g/mol. The van der Waals surface area contributed by atoms with Gasteiger partial charge in [0.2, 0.25) is 0 Å². The third kappa shape index (κ3) is 2.68. The second-order valence-corrected chi connectivity index (χ2v) is 4.58.